The molecule has 1 aromatic rings. The van der Waals surface area contributed by atoms with Crippen molar-refractivity contribution in [1.29, 1.82) is 0 Å². The van der Waals surface area contributed by atoms with E-state index in [9.17, 15) is 14.4 Å². The second kappa shape index (κ2) is 10.7. The number of nitrogens with one attached hydrogen (secondary N) is 2. The fraction of sp³-hybridized carbons (Fsp3) is 0.591. The van der Waals surface area contributed by atoms with Crippen molar-refractivity contribution < 1.29 is 14.4 Å². The lowest BCUT2D eigenvalue weighted by molar-refractivity contribution is -0.135. The van der Waals surface area contributed by atoms with Gasteiger partial charge in [0, 0.05) is 55.3 Å². The Bertz CT molecular complexity index is 739. The molecule has 2 aliphatic rings. The Balaban J connectivity index is 1.41. The van der Waals surface area contributed by atoms with Crippen molar-refractivity contribution in [3.63, 3.8) is 0 Å². The quantitative estimate of drug-likeness (QED) is 0.749. The molecule has 2 fully saturated rings. The normalized spacial score (nSPS) is 17.7. The van der Waals surface area contributed by atoms with Gasteiger partial charge in [0.15, 0.2) is 0 Å². The molecule has 2 saturated heterocycles. The third-order valence-corrected chi connectivity index (χ3v) is 6.51. The summed E-state index contributed by atoms with van der Waals surface area (Å²) in [5, 5.41) is 5.85. The van der Waals surface area contributed by atoms with E-state index in [0.29, 0.717) is 25.2 Å². The lowest BCUT2D eigenvalue weighted by Gasteiger charge is -2.33. The highest BCUT2D eigenvalue weighted by Crippen LogP contribution is 2.15. The minimum Gasteiger partial charge on any atom is -0.342 e. The van der Waals surface area contributed by atoms with Gasteiger partial charge < -0.3 is 20.4 Å². The molecule has 0 aromatic heterocycles. The molecule has 2 aliphatic heterocycles. The number of carbonyl (C=O) groups excluding carboxylic acids is 3. The molecule has 0 bridgehead atoms. The SMILES string of the molecule is CC(C)C(=O)N1CCC(NC(=O)Nc2ccc(CC(=O)N3CCSCC3)cc2)CC1. The third-order valence-electron chi connectivity index (χ3n) is 5.57. The van der Waals surface area contributed by atoms with Gasteiger partial charge in [-0.2, -0.15) is 11.8 Å². The first-order valence-electron chi connectivity index (χ1n) is 10.7. The first-order chi connectivity index (χ1) is 14.4. The number of rotatable bonds is 5. The van der Waals surface area contributed by atoms with Gasteiger partial charge in [0.1, 0.15) is 0 Å². The Morgan fingerprint density at radius 1 is 1.00 bits per heavy atom. The molecule has 0 saturated carbocycles. The van der Waals surface area contributed by atoms with Crippen LogP contribution in [0.3, 0.4) is 0 Å². The maximum Gasteiger partial charge on any atom is 0.319 e. The van der Waals surface area contributed by atoms with Gasteiger partial charge in [0.25, 0.3) is 0 Å². The Morgan fingerprint density at radius 3 is 2.23 bits per heavy atom. The number of piperidine rings is 1. The van der Waals surface area contributed by atoms with Crippen LogP contribution >= 0.6 is 11.8 Å². The maximum atomic E-state index is 12.4. The van der Waals surface area contributed by atoms with Crippen LogP contribution in [0.2, 0.25) is 0 Å². The first kappa shape index (κ1) is 22.5. The summed E-state index contributed by atoms with van der Waals surface area (Å²) in [4.78, 5) is 40.5. The zero-order chi connectivity index (χ0) is 21.5. The van der Waals surface area contributed by atoms with Crippen molar-refractivity contribution in [3.8, 4) is 0 Å². The van der Waals surface area contributed by atoms with E-state index in [4.69, 9.17) is 0 Å². The number of nitrogens with zero attached hydrogens (tertiary/aromatic N) is 2. The van der Waals surface area contributed by atoms with E-state index in [1.54, 1.807) is 0 Å². The molecule has 8 heteroatoms. The number of amides is 4. The number of hydrogen-bond acceptors (Lipinski definition) is 4. The third kappa shape index (κ3) is 6.39. The molecular formula is C22H32N4O3S. The molecule has 0 unspecified atom stereocenters. The molecule has 30 heavy (non-hydrogen) atoms. The van der Waals surface area contributed by atoms with Gasteiger partial charge in [-0.25, -0.2) is 4.79 Å². The van der Waals surface area contributed by atoms with Crippen LogP contribution in [-0.4, -0.2) is 71.4 Å². The molecule has 164 valence electrons. The fourth-order valence-corrected chi connectivity index (χ4v) is 4.67. The fourth-order valence-electron chi connectivity index (χ4n) is 3.77. The molecule has 3 rings (SSSR count). The average Bonchev–Trinajstić information content (AvgIpc) is 2.75. The summed E-state index contributed by atoms with van der Waals surface area (Å²) in [5.74, 6) is 2.37. The van der Waals surface area contributed by atoms with Gasteiger partial charge in [-0.15, -0.1) is 0 Å². The molecule has 0 spiro atoms. The van der Waals surface area contributed by atoms with Gasteiger partial charge in [0.05, 0.1) is 6.42 Å². The average molecular weight is 433 g/mol. The predicted molar refractivity (Wildman–Crippen MR) is 121 cm³/mol. The van der Waals surface area contributed by atoms with E-state index in [0.717, 1.165) is 43.0 Å². The molecule has 1 aromatic carbocycles. The lowest BCUT2D eigenvalue weighted by Crippen LogP contribution is -2.48. The van der Waals surface area contributed by atoms with Crippen molar-refractivity contribution in [2.24, 2.45) is 5.92 Å². The minimum atomic E-state index is -0.238. The Morgan fingerprint density at radius 2 is 1.63 bits per heavy atom. The van der Waals surface area contributed by atoms with E-state index in [2.05, 4.69) is 10.6 Å². The van der Waals surface area contributed by atoms with Crippen LogP contribution in [-0.2, 0) is 16.0 Å². The molecule has 0 atom stereocenters. The van der Waals surface area contributed by atoms with Gasteiger partial charge >= 0.3 is 6.03 Å². The molecule has 2 heterocycles. The highest BCUT2D eigenvalue weighted by molar-refractivity contribution is 7.99. The van der Waals surface area contributed by atoms with Crippen LogP contribution in [0.1, 0.15) is 32.3 Å². The highest BCUT2D eigenvalue weighted by atomic mass is 32.2. The van der Waals surface area contributed by atoms with Gasteiger partial charge in [-0.05, 0) is 30.5 Å². The number of thioether (sulfide) groups is 1. The van der Waals surface area contributed by atoms with Crippen LogP contribution in [0.4, 0.5) is 10.5 Å². The molecule has 2 N–H and O–H groups in total. The summed E-state index contributed by atoms with van der Waals surface area (Å²) in [6.07, 6.45) is 1.93. The van der Waals surface area contributed by atoms with E-state index in [1.165, 1.54) is 0 Å². The number of hydrogen-bond donors (Lipinski definition) is 2. The minimum absolute atomic E-state index is 0.00919. The van der Waals surface area contributed by atoms with Gasteiger partial charge in [0.2, 0.25) is 11.8 Å². The number of carbonyl (C=O) groups is 3. The van der Waals surface area contributed by atoms with Crippen molar-refractivity contribution in [2.45, 2.75) is 39.2 Å². The molecule has 0 aliphatic carbocycles. The predicted octanol–water partition coefficient (Wildman–Crippen LogP) is 2.57. The van der Waals surface area contributed by atoms with Crippen LogP contribution < -0.4 is 10.6 Å². The van der Waals surface area contributed by atoms with Crippen molar-refractivity contribution in [3.05, 3.63) is 29.8 Å². The van der Waals surface area contributed by atoms with E-state index in [-0.39, 0.29) is 29.8 Å². The van der Waals surface area contributed by atoms with Crippen LogP contribution in [0, 0.1) is 5.92 Å². The summed E-state index contributed by atoms with van der Waals surface area (Å²) in [6.45, 7) is 6.84. The Kier molecular flexibility index (Phi) is 8.01. The van der Waals surface area contributed by atoms with Crippen molar-refractivity contribution >= 4 is 35.3 Å². The molecule has 4 amide bonds. The second-order valence-corrected chi connectivity index (χ2v) is 9.44. The van der Waals surface area contributed by atoms with E-state index >= 15 is 0 Å². The van der Waals surface area contributed by atoms with Crippen molar-refractivity contribution in [2.75, 3.05) is 43.0 Å². The van der Waals surface area contributed by atoms with Crippen LogP contribution in [0.25, 0.3) is 0 Å². The number of likely N-dealkylation sites (tertiary alicyclic amines) is 1. The Hall–Kier alpha value is -2.22. The summed E-state index contributed by atoms with van der Waals surface area (Å²) in [7, 11) is 0. The largest absolute Gasteiger partial charge is 0.342 e. The number of urea groups is 1. The summed E-state index contributed by atoms with van der Waals surface area (Å²) in [5.41, 5.74) is 1.65. The second-order valence-electron chi connectivity index (χ2n) is 8.22. The summed E-state index contributed by atoms with van der Waals surface area (Å²) in [6, 6.07) is 7.28. The monoisotopic (exact) mass is 432 g/mol. The van der Waals surface area contributed by atoms with Gasteiger partial charge in [-0.1, -0.05) is 26.0 Å². The zero-order valence-electron chi connectivity index (χ0n) is 17.9. The topological polar surface area (TPSA) is 81.8 Å². The molecule has 7 nitrogen and oxygen atoms in total. The van der Waals surface area contributed by atoms with Gasteiger partial charge in [-0.3, -0.25) is 9.59 Å². The molecule has 0 radical (unpaired) electrons. The van der Waals surface area contributed by atoms with Crippen LogP contribution in [0.5, 0.6) is 0 Å². The summed E-state index contributed by atoms with van der Waals surface area (Å²) >= 11 is 1.89. The van der Waals surface area contributed by atoms with E-state index in [1.807, 2.05) is 59.7 Å². The highest BCUT2D eigenvalue weighted by Gasteiger charge is 2.25. The van der Waals surface area contributed by atoms with E-state index < -0.39 is 0 Å². The Labute approximate surface area is 182 Å². The van der Waals surface area contributed by atoms with Crippen LogP contribution in [0.15, 0.2) is 24.3 Å². The smallest absolute Gasteiger partial charge is 0.319 e. The summed E-state index contributed by atoms with van der Waals surface area (Å²) < 4.78 is 0. The number of anilines is 1. The zero-order valence-corrected chi connectivity index (χ0v) is 18.7. The lowest BCUT2D eigenvalue weighted by atomic mass is 10.0. The standard InChI is InChI=1S/C22H32N4O3S/c1-16(2)21(28)26-9-7-19(8-10-26)24-22(29)23-18-5-3-17(4-6-18)15-20(27)25-11-13-30-14-12-25/h3-6,16,19H,7-15H2,1-2H3,(H2,23,24,29). The number of benzene rings is 1. The maximum absolute atomic E-state index is 12.4. The molecular weight excluding hydrogens is 400 g/mol. The van der Waals surface area contributed by atoms with Crippen molar-refractivity contribution in [1.82, 2.24) is 15.1 Å². The first-order valence-corrected chi connectivity index (χ1v) is 11.9.